The van der Waals surface area contributed by atoms with Gasteiger partial charge in [-0.2, -0.15) is 0 Å². The van der Waals surface area contributed by atoms with Crippen molar-refractivity contribution in [2.45, 2.75) is 6.92 Å². The Bertz CT molecular complexity index is 546. The highest BCUT2D eigenvalue weighted by molar-refractivity contribution is 7.59. The summed E-state index contributed by atoms with van der Waals surface area (Å²) in [4.78, 5) is 0. The molecule has 0 atom stereocenters. The molecule has 0 N–H and O–H groups in total. The Morgan fingerprint density at radius 2 is 1.40 bits per heavy atom. The third kappa shape index (κ3) is 3.52. The standard InChI is InChI=1S/C11H10.O3S/c1-9-5-4-7-10-6-2-3-8-11(9)10;1-4(2)3/h2-8H,1H3;. The zero-order valence-electron chi connectivity index (χ0n) is 8.17. The first-order valence-electron chi connectivity index (χ1n) is 4.32. The highest BCUT2D eigenvalue weighted by Crippen LogP contribution is 2.16. The number of aryl methyl sites for hydroxylation is 1. The molecule has 0 fully saturated rings. The van der Waals surface area contributed by atoms with Gasteiger partial charge in [-0.25, -0.2) is 0 Å². The molecule has 0 aliphatic carbocycles. The molecule has 78 valence electrons. The van der Waals surface area contributed by atoms with Crippen molar-refractivity contribution in [2.75, 3.05) is 0 Å². The zero-order valence-corrected chi connectivity index (χ0v) is 8.99. The van der Waals surface area contributed by atoms with Crippen molar-refractivity contribution in [3.63, 3.8) is 0 Å². The Kier molecular flexibility index (Phi) is 4.00. The van der Waals surface area contributed by atoms with Crippen molar-refractivity contribution < 1.29 is 12.6 Å². The summed E-state index contributed by atoms with van der Waals surface area (Å²) in [6.45, 7) is 2.14. The van der Waals surface area contributed by atoms with Crippen LogP contribution in [0.2, 0.25) is 0 Å². The van der Waals surface area contributed by atoms with Gasteiger partial charge in [-0.3, -0.25) is 0 Å². The molecule has 0 heterocycles. The second-order valence-corrected chi connectivity index (χ2v) is 3.41. The fraction of sp³-hybridized carbons (Fsp3) is 0.0909. The van der Waals surface area contributed by atoms with Gasteiger partial charge in [0.1, 0.15) is 0 Å². The van der Waals surface area contributed by atoms with Crippen LogP contribution in [0.25, 0.3) is 10.8 Å². The lowest BCUT2D eigenvalue weighted by Gasteiger charge is -1.98. The molecule has 0 saturated heterocycles. The van der Waals surface area contributed by atoms with E-state index in [1.807, 2.05) is 0 Å². The maximum Gasteiger partial charge on any atom is 0.425 e. The van der Waals surface area contributed by atoms with Crippen molar-refractivity contribution in [1.29, 1.82) is 0 Å². The van der Waals surface area contributed by atoms with Crippen LogP contribution in [-0.2, 0) is 10.6 Å². The monoisotopic (exact) mass is 222 g/mol. The molecule has 0 amide bonds. The van der Waals surface area contributed by atoms with Gasteiger partial charge < -0.3 is 0 Å². The van der Waals surface area contributed by atoms with Gasteiger partial charge in [0.25, 0.3) is 0 Å². The van der Waals surface area contributed by atoms with E-state index in [0.29, 0.717) is 0 Å². The van der Waals surface area contributed by atoms with Gasteiger partial charge in [-0.1, -0.05) is 42.5 Å². The largest absolute Gasteiger partial charge is 0.425 e. The number of benzene rings is 2. The molecule has 0 saturated carbocycles. The second-order valence-electron chi connectivity index (χ2n) is 3.00. The number of hydrogen-bond acceptors (Lipinski definition) is 3. The zero-order chi connectivity index (χ0) is 11.3. The van der Waals surface area contributed by atoms with Crippen LogP contribution in [0.1, 0.15) is 5.56 Å². The Hall–Kier alpha value is -1.68. The molecule has 0 spiro atoms. The van der Waals surface area contributed by atoms with Crippen LogP contribution in [-0.4, -0.2) is 12.6 Å². The van der Waals surface area contributed by atoms with E-state index in [0.717, 1.165) is 0 Å². The summed E-state index contributed by atoms with van der Waals surface area (Å²) >= 11 is 0. The Morgan fingerprint density at radius 3 is 2.00 bits per heavy atom. The van der Waals surface area contributed by atoms with Gasteiger partial charge >= 0.3 is 10.6 Å². The second kappa shape index (κ2) is 5.26. The highest BCUT2D eigenvalue weighted by atomic mass is 32.2. The van der Waals surface area contributed by atoms with Crippen LogP contribution < -0.4 is 0 Å². The Balaban J connectivity index is 0.000000245. The molecule has 2 aromatic carbocycles. The summed E-state index contributed by atoms with van der Waals surface area (Å²) < 4.78 is 25.3. The van der Waals surface area contributed by atoms with Gasteiger partial charge in [-0.15, -0.1) is 12.6 Å². The first-order valence-corrected chi connectivity index (χ1v) is 5.32. The molecule has 0 aliphatic rings. The summed E-state index contributed by atoms with van der Waals surface area (Å²) in [7, 11) is -3.11. The van der Waals surface area contributed by atoms with Gasteiger partial charge in [0.05, 0.1) is 0 Å². The summed E-state index contributed by atoms with van der Waals surface area (Å²) in [5.74, 6) is 0. The van der Waals surface area contributed by atoms with E-state index in [4.69, 9.17) is 12.6 Å². The summed E-state index contributed by atoms with van der Waals surface area (Å²) in [5.41, 5.74) is 1.35. The summed E-state index contributed by atoms with van der Waals surface area (Å²) in [6.07, 6.45) is 0. The SMILES string of the molecule is Cc1cccc2ccccc12.O=S(=O)=O. The average Bonchev–Trinajstić information content (AvgIpc) is 2.18. The third-order valence-corrected chi connectivity index (χ3v) is 2.01. The number of fused-ring (bicyclic) bond motifs is 1. The molecule has 0 aromatic heterocycles. The highest BCUT2D eigenvalue weighted by Gasteiger charge is 1.92. The summed E-state index contributed by atoms with van der Waals surface area (Å²) in [6, 6.07) is 14.8. The van der Waals surface area contributed by atoms with Gasteiger partial charge in [0, 0.05) is 0 Å². The molecule has 0 aliphatic heterocycles. The van der Waals surface area contributed by atoms with Crippen molar-refractivity contribution in [3.05, 3.63) is 48.0 Å². The van der Waals surface area contributed by atoms with Gasteiger partial charge in [-0.05, 0) is 23.3 Å². The lowest BCUT2D eigenvalue weighted by atomic mass is 10.1. The topological polar surface area (TPSA) is 51.2 Å². The maximum absolute atomic E-state index is 8.44. The molecule has 2 aromatic rings. The number of hydrogen-bond donors (Lipinski definition) is 0. The smallest absolute Gasteiger partial charge is 0.142 e. The van der Waals surface area contributed by atoms with Crippen LogP contribution >= 0.6 is 0 Å². The van der Waals surface area contributed by atoms with Crippen LogP contribution in [0.3, 0.4) is 0 Å². The lowest BCUT2D eigenvalue weighted by molar-refractivity contribution is 0.559. The molecule has 4 heteroatoms. The van der Waals surface area contributed by atoms with Crippen LogP contribution in [0, 0.1) is 6.92 Å². The van der Waals surface area contributed by atoms with E-state index in [9.17, 15) is 0 Å². The Labute approximate surface area is 89.4 Å². The van der Waals surface area contributed by atoms with Crippen LogP contribution in [0.5, 0.6) is 0 Å². The predicted octanol–water partition coefficient (Wildman–Crippen LogP) is 2.14. The fourth-order valence-electron chi connectivity index (χ4n) is 1.39. The molecule has 0 radical (unpaired) electrons. The maximum atomic E-state index is 8.44. The minimum absolute atomic E-state index is 1.33. The van der Waals surface area contributed by atoms with Crippen molar-refractivity contribution in [3.8, 4) is 0 Å². The molecule has 15 heavy (non-hydrogen) atoms. The van der Waals surface area contributed by atoms with Crippen LogP contribution in [0.15, 0.2) is 42.5 Å². The fourth-order valence-corrected chi connectivity index (χ4v) is 1.39. The van der Waals surface area contributed by atoms with E-state index in [2.05, 4.69) is 49.4 Å². The molecular formula is C11H10O3S. The normalized spacial score (nSPS) is 9.13. The Morgan fingerprint density at radius 1 is 0.867 bits per heavy atom. The van der Waals surface area contributed by atoms with E-state index in [-0.39, 0.29) is 0 Å². The van der Waals surface area contributed by atoms with E-state index in [1.165, 1.54) is 16.3 Å². The first-order chi connectivity index (χ1) is 7.11. The minimum Gasteiger partial charge on any atom is -0.142 e. The minimum atomic E-state index is -3.11. The molecule has 0 unspecified atom stereocenters. The van der Waals surface area contributed by atoms with Gasteiger partial charge in [0.15, 0.2) is 0 Å². The third-order valence-electron chi connectivity index (χ3n) is 2.01. The van der Waals surface area contributed by atoms with E-state index >= 15 is 0 Å². The molecule has 3 nitrogen and oxygen atoms in total. The van der Waals surface area contributed by atoms with E-state index < -0.39 is 10.6 Å². The lowest BCUT2D eigenvalue weighted by Crippen LogP contribution is -1.75. The number of rotatable bonds is 0. The van der Waals surface area contributed by atoms with Gasteiger partial charge in [0.2, 0.25) is 0 Å². The van der Waals surface area contributed by atoms with Crippen molar-refractivity contribution >= 4 is 21.4 Å². The average molecular weight is 222 g/mol. The van der Waals surface area contributed by atoms with Crippen molar-refractivity contribution in [1.82, 2.24) is 0 Å². The van der Waals surface area contributed by atoms with Crippen LogP contribution in [0.4, 0.5) is 0 Å². The molecule has 2 rings (SSSR count). The van der Waals surface area contributed by atoms with E-state index in [1.54, 1.807) is 0 Å². The summed E-state index contributed by atoms with van der Waals surface area (Å²) in [5, 5.41) is 2.68. The predicted molar refractivity (Wildman–Crippen MR) is 58.4 cm³/mol. The first kappa shape index (κ1) is 11.4. The molecule has 0 bridgehead atoms. The molecular weight excluding hydrogens is 212 g/mol. The quantitative estimate of drug-likeness (QED) is 0.686. The van der Waals surface area contributed by atoms with Crippen molar-refractivity contribution in [2.24, 2.45) is 0 Å².